The highest BCUT2D eigenvalue weighted by Gasteiger charge is 2.41. The first-order valence-electron chi connectivity index (χ1n) is 11.6. The lowest BCUT2D eigenvalue weighted by Gasteiger charge is -2.39. The normalized spacial score (nSPS) is 15.5. The summed E-state index contributed by atoms with van der Waals surface area (Å²) in [5, 5.41) is 6.20. The van der Waals surface area contributed by atoms with Gasteiger partial charge in [0.2, 0.25) is 11.8 Å². The fraction of sp³-hybridized carbons (Fsp3) is 0.593. The Morgan fingerprint density at radius 3 is 1.97 bits per heavy atom. The largest absolute Gasteiger partial charge is 0.342 e. The van der Waals surface area contributed by atoms with E-state index in [9.17, 15) is 14.4 Å². The van der Waals surface area contributed by atoms with E-state index in [0.29, 0.717) is 5.57 Å². The quantitative estimate of drug-likeness (QED) is 0.415. The number of hydrogen-bond donors (Lipinski definition) is 2. The van der Waals surface area contributed by atoms with Crippen LogP contribution in [0.15, 0.2) is 42.0 Å². The van der Waals surface area contributed by atoms with E-state index in [-0.39, 0.29) is 23.8 Å². The van der Waals surface area contributed by atoms with Crippen molar-refractivity contribution in [2.45, 2.75) is 78.9 Å². The lowest BCUT2D eigenvalue weighted by atomic mass is 9.76. The number of hydrogen-bond acceptors (Lipinski definition) is 4. The molecule has 0 aliphatic carbocycles. The SMILES string of the molecule is CN[C@H](C(=O)NC(C(=O)N(C)[C@H](/C=C(\C)C=O)C(C)C)C(C)(C)C)C(C)(C)c1ccccc1. The van der Waals surface area contributed by atoms with Crippen LogP contribution in [0, 0.1) is 11.3 Å². The molecule has 0 saturated heterocycles. The van der Waals surface area contributed by atoms with E-state index in [0.717, 1.165) is 11.8 Å². The van der Waals surface area contributed by atoms with E-state index >= 15 is 0 Å². The van der Waals surface area contributed by atoms with Gasteiger partial charge in [0.1, 0.15) is 12.3 Å². The number of aldehydes is 1. The van der Waals surface area contributed by atoms with Crippen LogP contribution in [0.4, 0.5) is 0 Å². The molecule has 0 saturated carbocycles. The van der Waals surface area contributed by atoms with Crippen LogP contribution in [0.1, 0.15) is 61.0 Å². The van der Waals surface area contributed by atoms with Gasteiger partial charge < -0.3 is 15.5 Å². The topological polar surface area (TPSA) is 78.5 Å². The van der Waals surface area contributed by atoms with Crippen LogP contribution >= 0.6 is 0 Å². The highest BCUT2D eigenvalue weighted by Crippen LogP contribution is 2.29. The monoisotopic (exact) mass is 457 g/mol. The molecule has 1 rings (SSSR count). The van der Waals surface area contributed by atoms with Crippen molar-refractivity contribution in [1.29, 1.82) is 0 Å². The fourth-order valence-electron chi connectivity index (χ4n) is 4.14. The lowest BCUT2D eigenvalue weighted by molar-refractivity contribution is -0.140. The van der Waals surface area contributed by atoms with Crippen molar-refractivity contribution in [3.05, 3.63) is 47.5 Å². The van der Waals surface area contributed by atoms with Gasteiger partial charge >= 0.3 is 0 Å². The van der Waals surface area contributed by atoms with Crippen molar-refractivity contribution in [2.24, 2.45) is 11.3 Å². The van der Waals surface area contributed by atoms with Gasteiger partial charge in [-0.15, -0.1) is 0 Å². The van der Waals surface area contributed by atoms with E-state index in [1.807, 2.05) is 84.9 Å². The van der Waals surface area contributed by atoms with Gasteiger partial charge in [-0.2, -0.15) is 0 Å². The highest BCUT2D eigenvalue weighted by molar-refractivity contribution is 5.91. The Hall–Kier alpha value is -2.47. The summed E-state index contributed by atoms with van der Waals surface area (Å²) in [5.41, 5.74) is 0.595. The molecular weight excluding hydrogens is 414 g/mol. The van der Waals surface area contributed by atoms with Gasteiger partial charge in [0, 0.05) is 12.5 Å². The Morgan fingerprint density at radius 1 is 1.00 bits per heavy atom. The molecule has 0 radical (unpaired) electrons. The predicted octanol–water partition coefficient (Wildman–Crippen LogP) is 3.71. The Balaban J connectivity index is 3.27. The zero-order valence-electron chi connectivity index (χ0n) is 22.0. The maximum atomic E-state index is 13.6. The molecule has 1 aromatic rings. The van der Waals surface area contributed by atoms with Crippen molar-refractivity contribution >= 4 is 18.1 Å². The summed E-state index contributed by atoms with van der Waals surface area (Å²) in [5.74, 6) is -0.308. The molecule has 2 amide bonds. The molecule has 0 aliphatic heterocycles. The van der Waals surface area contributed by atoms with Gasteiger partial charge in [-0.05, 0) is 36.4 Å². The molecule has 0 heterocycles. The van der Waals surface area contributed by atoms with Crippen molar-refractivity contribution in [3.8, 4) is 0 Å². The summed E-state index contributed by atoms with van der Waals surface area (Å²) < 4.78 is 0. The molecule has 184 valence electrons. The maximum absolute atomic E-state index is 13.6. The molecule has 0 bridgehead atoms. The molecule has 6 heteroatoms. The Morgan fingerprint density at radius 2 is 1.55 bits per heavy atom. The number of rotatable bonds is 10. The second-order valence-electron chi connectivity index (χ2n) is 10.8. The first-order valence-corrected chi connectivity index (χ1v) is 11.6. The number of benzene rings is 1. The maximum Gasteiger partial charge on any atom is 0.245 e. The molecular formula is C27H43N3O3. The summed E-state index contributed by atoms with van der Waals surface area (Å²) in [6.45, 7) is 15.6. The molecule has 0 aliphatic rings. The van der Waals surface area contributed by atoms with Gasteiger partial charge in [-0.3, -0.25) is 14.4 Å². The van der Waals surface area contributed by atoms with Gasteiger partial charge in [0.15, 0.2) is 0 Å². The van der Waals surface area contributed by atoms with E-state index in [4.69, 9.17) is 0 Å². The third-order valence-electron chi connectivity index (χ3n) is 6.29. The van der Waals surface area contributed by atoms with Crippen LogP contribution in [-0.2, 0) is 19.8 Å². The van der Waals surface area contributed by atoms with Crippen molar-refractivity contribution in [3.63, 3.8) is 0 Å². The van der Waals surface area contributed by atoms with Crippen LogP contribution in [0.25, 0.3) is 0 Å². The minimum absolute atomic E-state index is 0.104. The Labute approximate surface area is 200 Å². The molecule has 0 fully saturated rings. The van der Waals surface area contributed by atoms with Crippen molar-refractivity contribution in [2.75, 3.05) is 14.1 Å². The number of likely N-dealkylation sites (N-methyl/N-ethyl adjacent to an activating group) is 2. The zero-order chi connectivity index (χ0) is 25.6. The van der Waals surface area contributed by atoms with Crippen LogP contribution in [-0.4, -0.2) is 55.2 Å². The molecule has 0 aromatic heterocycles. The van der Waals surface area contributed by atoms with Crippen molar-refractivity contribution in [1.82, 2.24) is 15.5 Å². The van der Waals surface area contributed by atoms with Gasteiger partial charge in [0.25, 0.3) is 0 Å². The van der Waals surface area contributed by atoms with Crippen LogP contribution in [0.5, 0.6) is 0 Å². The fourth-order valence-corrected chi connectivity index (χ4v) is 4.14. The predicted molar refractivity (Wildman–Crippen MR) is 135 cm³/mol. The number of carbonyl (C=O) groups is 3. The standard InChI is InChI=1S/C27H43N3O3/c1-18(2)21(16-19(3)17-31)30(10)25(33)23(26(4,5)6)29-24(32)22(28-9)27(7,8)20-14-12-11-13-15-20/h11-18,21-23,28H,1-10H3,(H,29,32)/b19-16+/t21-,22-,23?/m1/s1. The average molecular weight is 458 g/mol. The molecule has 33 heavy (non-hydrogen) atoms. The number of carbonyl (C=O) groups excluding carboxylic acids is 3. The average Bonchev–Trinajstić information content (AvgIpc) is 2.74. The third-order valence-corrected chi connectivity index (χ3v) is 6.29. The molecule has 2 N–H and O–H groups in total. The Kier molecular flexibility index (Phi) is 10.0. The minimum Gasteiger partial charge on any atom is -0.342 e. The van der Waals surface area contributed by atoms with Crippen molar-refractivity contribution < 1.29 is 14.4 Å². The number of amides is 2. The van der Waals surface area contributed by atoms with E-state index in [1.54, 1.807) is 25.9 Å². The van der Waals surface area contributed by atoms with E-state index in [1.165, 1.54) is 0 Å². The van der Waals surface area contributed by atoms with Gasteiger partial charge in [-0.25, -0.2) is 0 Å². The molecule has 0 spiro atoms. The van der Waals surface area contributed by atoms with Crippen LogP contribution < -0.4 is 10.6 Å². The summed E-state index contributed by atoms with van der Waals surface area (Å²) >= 11 is 0. The van der Waals surface area contributed by atoms with E-state index in [2.05, 4.69) is 10.6 Å². The highest BCUT2D eigenvalue weighted by atomic mass is 16.2. The number of nitrogens with one attached hydrogen (secondary N) is 2. The summed E-state index contributed by atoms with van der Waals surface area (Å²) in [7, 11) is 3.49. The van der Waals surface area contributed by atoms with Gasteiger partial charge in [0.05, 0.1) is 12.1 Å². The second-order valence-corrected chi connectivity index (χ2v) is 10.8. The first kappa shape index (κ1) is 28.6. The summed E-state index contributed by atoms with van der Waals surface area (Å²) in [6, 6.07) is 8.34. The molecule has 1 aromatic carbocycles. The molecule has 1 unspecified atom stereocenters. The van der Waals surface area contributed by atoms with Crippen LogP contribution in [0.2, 0.25) is 0 Å². The first-order chi connectivity index (χ1) is 15.2. The number of nitrogens with zero attached hydrogens (tertiary/aromatic N) is 1. The lowest BCUT2D eigenvalue weighted by Crippen LogP contribution is -2.61. The molecule has 6 nitrogen and oxygen atoms in total. The Bertz CT molecular complexity index is 838. The van der Waals surface area contributed by atoms with Crippen LogP contribution in [0.3, 0.4) is 0 Å². The summed E-state index contributed by atoms with van der Waals surface area (Å²) in [6.07, 6.45) is 2.60. The number of allylic oxidation sites excluding steroid dienone is 1. The van der Waals surface area contributed by atoms with E-state index < -0.39 is 22.9 Å². The minimum atomic E-state index is -0.733. The zero-order valence-corrected chi connectivity index (χ0v) is 22.0. The second kappa shape index (κ2) is 11.6. The molecule has 3 atom stereocenters. The third kappa shape index (κ3) is 7.26. The summed E-state index contributed by atoms with van der Waals surface area (Å²) in [4.78, 5) is 40.0. The smallest absolute Gasteiger partial charge is 0.245 e. The van der Waals surface area contributed by atoms with Gasteiger partial charge in [-0.1, -0.05) is 84.9 Å².